The van der Waals surface area contributed by atoms with Crippen molar-refractivity contribution in [3.05, 3.63) is 22.9 Å². The number of amides is 8. The molecule has 0 aromatic carbocycles. The van der Waals surface area contributed by atoms with Crippen LogP contribution in [0.25, 0.3) is 22.9 Å². The molecule has 8 amide bonds. The molecule has 4 aliphatic carbocycles. The summed E-state index contributed by atoms with van der Waals surface area (Å²) in [7, 11) is 0. The standard InChI is InChI=1S/2C20H34N3O5.2C19H32N3O5.4C2H4NO.4Y/c2*1-13(20(27)28)11-18(25)23-12-15-6-8-16(9-7-15)19(26)22-10-4-3-5-17(21)14(2)24;2*1-12(11-17(24)25)18(26)22-15-8-6-14(7-9-15)19(27)21-10-4-3-5-16(20)13(2)23;4*3-1-2-4;;;;/h2*13,15-17,21H,3-12H2,1-2H3,(H,22,26)(H,23,25)(H,27,28);2*12,14-16,20H,3-11H2,1-2H3,(H,21,27)(H,22,26)(H,24,25);4*1,3H2;;;;/q8*-1;;;;/i/hT2. The van der Waals surface area contributed by atoms with Crippen molar-refractivity contribution in [2.45, 2.75) is 297 Å². The van der Waals surface area contributed by atoms with E-state index in [9.17, 15) is 76.7 Å². The first-order valence-corrected chi connectivity index (χ1v) is 43.6. The number of aliphatic carboxylic acids is 4. The number of carbonyl (C=O) groups is 16. The average molecular weight is 2150 g/mol. The number of rotatable bonds is 52. The van der Waals surface area contributed by atoms with Crippen LogP contribution in [0.4, 0.5) is 0 Å². The minimum atomic E-state index is -0.988. The summed E-state index contributed by atoms with van der Waals surface area (Å²) in [6.07, 6.45) is 25.9. The number of nitrogens with one attached hydrogen (secondary N) is 12. The molecule has 4 aliphatic rings. The van der Waals surface area contributed by atoms with Gasteiger partial charge in [-0.15, -0.1) is 26.2 Å². The Bertz CT molecular complexity index is 3080. The van der Waals surface area contributed by atoms with Gasteiger partial charge in [0.15, 0.2) is 0 Å². The Morgan fingerprint density at radius 2 is 0.562 bits per heavy atom. The first kappa shape index (κ1) is 136. The molecule has 0 bridgehead atoms. The van der Waals surface area contributed by atoms with Crippen LogP contribution < -0.4 is 65.5 Å². The molecule has 4 saturated carbocycles. The van der Waals surface area contributed by atoms with Crippen LogP contribution in [0.3, 0.4) is 0 Å². The third kappa shape index (κ3) is 78.3. The van der Waals surface area contributed by atoms with Crippen molar-refractivity contribution >= 4 is 119 Å². The number of nitrogens with two attached hydrogens (primary N) is 4. The molecule has 0 aromatic heterocycles. The molecule has 4 rings (SSSR count). The number of hydrogen-bond donors (Lipinski definition) is 16. The summed E-state index contributed by atoms with van der Waals surface area (Å²) in [5.41, 5.74) is 43.1. The van der Waals surface area contributed by atoms with E-state index in [0.717, 1.165) is 103 Å². The van der Waals surface area contributed by atoms with Crippen molar-refractivity contribution in [2.24, 2.45) is 82.1 Å². The fourth-order valence-electron chi connectivity index (χ4n) is 13.2. The molecule has 0 saturated heterocycles. The van der Waals surface area contributed by atoms with Crippen LogP contribution >= 0.6 is 0 Å². The Labute approximate surface area is 871 Å². The number of unbranched alkanes of at least 4 members (excludes halogenated alkanes) is 4. The predicted molar refractivity (Wildman–Crippen MR) is 472 cm³/mol. The number of Topliss-reactive ketones (excluding diaryl/α,β-unsaturated/α-hetero) is 4. The van der Waals surface area contributed by atoms with Crippen LogP contribution in [0.15, 0.2) is 0 Å². The summed E-state index contributed by atoms with van der Waals surface area (Å²) in [4.78, 5) is 219. The van der Waals surface area contributed by atoms with Gasteiger partial charge in [0.2, 0.25) is 47.3 Å². The van der Waals surface area contributed by atoms with Gasteiger partial charge in [-0.2, -0.15) is 0 Å². The second-order valence-corrected chi connectivity index (χ2v) is 32.2. The molecule has 4 fully saturated rings. The Morgan fingerprint density at radius 3 is 0.738 bits per heavy atom. The zero-order valence-electron chi connectivity index (χ0n) is 79.4. The maximum atomic E-state index is 12.2. The van der Waals surface area contributed by atoms with Crippen molar-refractivity contribution in [2.75, 3.05) is 65.4 Å². The molecule has 4 radical (unpaired) electrons. The van der Waals surface area contributed by atoms with E-state index in [-0.39, 0.29) is 289 Å². The van der Waals surface area contributed by atoms with Gasteiger partial charge in [0, 0.05) is 231 Å². The van der Waals surface area contributed by atoms with Crippen molar-refractivity contribution in [1.29, 1.82) is 0 Å². The van der Waals surface area contributed by atoms with Crippen LogP contribution in [-0.4, -0.2) is 242 Å². The number of carbonyl (C=O) groups excluding carboxylic acids is 16. The SMILES string of the molecule is CC(=O)C([NH-])CCCCNC(=O)C1CCC(CNC(=O)CC(C)C(=O)O)CC1.CC(=O)C([NH-])CCCCNC(=O)C1CCC(CNC(=O)CC(C)C(=O)O)CC1.CC(=O)C([NH-])CCCCNC(=O)C1CCC(NC(=O)C(C)CC(=O)O)CC1.CC(=O)C([NH-])CCCCNC(=O)C1CCC(NC(=O)C(C)CC(=O)O)CC1.NC[C-]=O.NC[C-]=O.[3H]NC[C-]=O.[3H]NC[C-]=O.[Y].[Y].[Y].[Y]. The zero-order valence-corrected chi connectivity index (χ0v) is 88.7. The number of hydrogen-bond acceptors (Lipinski definition) is 24. The van der Waals surface area contributed by atoms with Gasteiger partial charge in [0.25, 0.3) is 0 Å². The third-order valence-electron chi connectivity index (χ3n) is 21.3. The smallest absolute Gasteiger partial charge is 0.306 e. The van der Waals surface area contributed by atoms with Crippen molar-refractivity contribution in [3.8, 4) is 0 Å². The Balaban J connectivity index is -0.000000240. The normalized spacial score (nSPS) is 19.2. The van der Waals surface area contributed by atoms with Crippen LogP contribution in [0.5, 0.6) is 0 Å². The average Bonchev–Trinajstić information content (AvgIpc) is 0.846. The van der Waals surface area contributed by atoms with E-state index < -0.39 is 71.7 Å². The first-order valence-electron chi connectivity index (χ1n) is 44.6. The predicted octanol–water partition coefficient (Wildman–Crippen LogP) is 4.98. The van der Waals surface area contributed by atoms with Crippen LogP contribution in [0, 0.1) is 59.2 Å². The van der Waals surface area contributed by atoms with Crippen molar-refractivity contribution < 1.29 is 250 Å². The molecule has 0 aliphatic heterocycles. The molecule has 8 unspecified atom stereocenters. The fourth-order valence-corrected chi connectivity index (χ4v) is 13.2. The van der Waals surface area contributed by atoms with E-state index in [4.69, 9.17) is 65.4 Å². The van der Waals surface area contributed by atoms with E-state index in [1.54, 1.807) is 13.8 Å². The van der Waals surface area contributed by atoms with E-state index in [0.29, 0.717) is 128 Å². The Kier molecular flexibility index (Phi) is 93.3. The van der Waals surface area contributed by atoms with Gasteiger partial charge < -0.3 is 147 Å². The minimum absolute atomic E-state index is 0. The van der Waals surface area contributed by atoms with Gasteiger partial charge in [0.1, 0.15) is 26.0 Å². The van der Waals surface area contributed by atoms with Gasteiger partial charge in [-0.25, -0.2) is 0 Å². The summed E-state index contributed by atoms with van der Waals surface area (Å²) in [6, 6.07) is -2.64. The topological polar surface area (TPSA) is 718 Å². The molecule has 40 nitrogen and oxygen atoms in total. The van der Waals surface area contributed by atoms with Crippen LogP contribution in [0.1, 0.15) is 261 Å². The number of carboxylic acid groups (broad SMARTS) is 4. The van der Waals surface area contributed by atoms with Gasteiger partial charge in [-0.05, 0) is 168 Å². The van der Waals surface area contributed by atoms with Crippen LogP contribution in [-0.2, 0) is 227 Å². The molecule has 0 heterocycles. The van der Waals surface area contributed by atoms with E-state index >= 15 is 0 Å². The largest absolute Gasteiger partial charge is 0.668 e. The van der Waals surface area contributed by atoms with Gasteiger partial charge in [0.05, 0.1) is 24.7 Å². The molecular weight excluding hydrogens is 2000 g/mol. The summed E-state index contributed by atoms with van der Waals surface area (Å²) in [5, 5.41) is 58.2. The van der Waals surface area contributed by atoms with Crippen molar-refractivity contribution in [1.82, 2.24) is 42.5 Å². The van der Waals surface area contributed by atoms with Gasteiger partial charge in [-0.1, -0.05) is 103 Å². The molecular formula is C86H148N16O24Y4-8. The Morgan fingerprint density at radius 1 is 0.338 bits per heavy atom. The number of carboxylic acids is 4. The molecule has 0 spiro atoms. The third-order valence-corrected chi connectivity index (χ3v) is 21.3. The second kappa shape index (κ2) is 89.3. The molecule has 8 atom stereocenters. The molecule has 736 valence electrons. The molecule has 0 aromatic rings. The minimum Gasteiger partial charge on any atom is -0.668 e. The summed E-state index contributed by atoms with van der Waals surface area (Å²) in [6.45, 7) is 15.3. The molecule has 24 N–H and O–H groups in total. The Hall–Kier alpha value is -4.90. The summed E-state index contributed by atoms with van der Waals surface area (Å²) < 4.78 is 12.2. The summed E-state index contributed by atoms with van der Waals surface area (Å²) in [5.74, 6) is -7.17. The number of ketones is 4. The summed E-state index contributed by atoms with van der Waals surface area (Å²) >= 11 is 0. The van der Waals surface area contributed by atoms with Gasteiger partial charge >= 0.3 is 23.9 Å². The second-order valence-electron chi connectivity index (χ2n) is 32.2. The first-order chi connectivity index (χ1) is 60.5. The van der Waals surface area contributed by atoms with Gasteiger partial charge in [-0.3, -0.25) is 82.7 Å². The fraction of sp³-hybridized carbons (Fsp3) is 0.767. The zero-order chi connectivity index (χ0) is 98.1. The maximum Gasteiger partial charge on any atom is 0.306 e. The maximum absolute atomic E-state index is 12.2. The van der Waals surface area contributed by atoms with E-state index in [1.165, 1.54) is 66.7 Å². The molecule has 130 heavy (non-hydrogen) atoms. The van der Waals surface area contributed by atoms with Crippen molar-refractivity contribution in [3.63, 3.8) is 0 Å². The quantitative estimate of drug-likeness (QED) is 0.0282. The monoisotopic (exact) mass is 2150 g/mol. The van der Waals surface area contributed by atoms with E-state index in [1.807, 2.05) is 11.5 Å². The molecule has 44 heteroatoms. The van der Waals surface area contributed by atoms with Crippen LogP contribution in [0.2, 0.25) is 2.82 Å². The van der Waals surface area contributed by atoms with E-state index in [2.05, 4.69) is 54.0 Å².